The normalized spacial score (nSPS) is 29.0. The smallest absolute Gasteiger partial charge is 0.313 e. The van der Waals surface area contributed by atoms with E-state index in [0.717, 1.165) is 18.8 Å². The number of thioether (sulfide) groups is 1. The van der Waals surface area contributed by atoms with E-state index in [2.05, 4.69) is 42.5 Å². The van der Waals surface area contributed by atoms with Crippen LogP contribution in [0.15, 0.2) is 5.16 Å². The van der Waals surface area contributed by atoms with Crippen LogP contribution in [0.5, 0.6) is 0 Å². The summed E-state index contributed by atoms with van der Waals surface area (Å²) < 4.78 is 7.96. The van der Waals surface area contributed by atoms with E-state index in [-0.39, 0.29) is 23.9 Å². The summed E-state index contributed by atoms with van der Waals surface area (Å²) >= 11 is 1.23. The minimum atomic E-state index is -0.841. The minimum Gasteiger partial charge on any atom is -0.481 e. The Morgan fingerprint density at radius 3 is 2.57 bits per heavy atom. The van der Waals surface area contributed by atoms with Gasteiger partial charge >= 0.3 is 5.97 Å². The molecule has 2 rings (SSSR count). The van der Waals surface area contributed by atoms with Crippen LogP contribution in [-0.4, -0.2) is 43.8 Å². The number of aromatic nitrogens is 3. The van der Waals surface area contributed by atoms with Crippen LogP contribution in [0.25, 0.3) is 0 Å². The highest BCUT2D eigenvalue weighted by Crippen LogP contribution is 2.39. The van der Waals surface area contributed by atoms with Crippen LogP contribution < -0.4 is 0 Å². The predicted octanol–water partition coefficient (Wildman–Crippen LogP) is 2.39. The second-order valence-corrected chi connectivity index (χ2v) is 6.55. The first-order valence-electron chi connectivity index (χ1n) is 7.38. The van der Waals surface area contributed by atoms with Gasteiger partial charge < -0.3 is 14.4 Å². The first-order valence-corrected chi connectivity index (χ1v) is 8.37. The molecule has 1 fully saturated rings. The first-order chi connectivity index (χ1) is 9.95. The standard InChI is InChI=1S/C14H23N3O3S/c1-5-6-17-13(12-8(2)9(3)20-10(12)4)15-16-14(17)21-7-11(18)19/h8-10,12H,5-7H2,1-4H3,(H,18,19). The van der Waals surface area contributed by atoms with Crippen LogP contribution in [0.3, 0.4) is 0 Å². The monoisotopic (exact) mass is 313 g/mol. The van der Waals surface area contributed by atoms with E-state index in [0.29, 0.717) is 11.1 Å². The molecule has 1 aliphatic rings. The molecule has 0 amide bonds. The quantitative estimate of drug-likeness (QED) is 0.813. The fraction of sp³-hybridized carbons (Fsp3) is 0.786. The summed E-state index contributed by atoms with van der Waals surface area (Å²) in [5.74, 6) is 0.668. The molecular weight excluding hydrogens is 290 g/mol. The highest BCUT2D eigenvalue weighted by Gasteiger charge is 2.41. The van der Waals surface area contributed by atoms with Crippen LogP contribution >= 0.6 is 11.8 Å². The Labute approximate surface area is 129 Å². The number of carboxylic acids is 1. The Morgan fingerprint density at radius 2 is 2.05 bits per heavy atom. The third kappa shape index (κ3) is 3.40. The summed E-state index contributed by atoms with van der Waals surface area (Å²) in [5, 5.41) is 18.1. The van der Waals surface area contributed by atoms with Crippen molar-refractivity contribution in [3.8, 4) is 0 Å². The minimum absolute atomic E-state index is 0.00449. The number of aliphatic carboxylic acids is 1. The van der Waals surface area contributed by atoms with Gasteiger partial charge in [-0.15, -0.1) is 10.2 Å². The lowest BCUT2D eigenvalue weighted by Gasteiger charge is -2.19. The van der Waals surface area contributed by atoms with E-state index in [1.54, 1.807) is 0 Å². The Bertz CT molecular complexity index is 506. The van der Waals surface area contributed by atoms with E-state index in [4.69, 9.17) is 9.84 Å². The largest absolute Gasteiger partial charge is 0.481 e. The maximum Gasteiger partial charge on any atom is 0.313 e. The van der Waals surface area contributed by atoms with Gasteiger partial charge in [-0.25, -0.2) is 0 Å². The SMILES string of the molecule is CCCn1c(SCC(=O)O)nnc1C1C(C)OC(C)C1C. The average molecular weight is 313 g/mol. The van der Waals surface area contributed by atoms with Gasteiger partial charge in [-0.3, -0.25) is 4.79 Å². The van der Waals surface area contributed by atoms with E-state index >= 15 is 0 Å². The van der Waals surface area contributed by atoms with Gasteiger partial charge in [0.05, 0.1) is 23.9 Å². The fourth-order valence-electron chi connectivity index (χ4n) is 2.93. The molecule has 7 heteroatoms. The molecule has 1 N–H and O–H groups in total. The third-order valence-electron chi connectivity index (χ3n) is 4.06. The number of nitrogens with zero attached hydrogens (tertiary/aromatic N) is 3. The summed E-state index contributed by atoms with van der Waals surface area (Å²) in [5.41, 5.74) is 0. The molecule has 1 aromatic rings. The summed E-state index contributed by atoms with van der Waals surface area (Å²) in [6.45, 7) is 9.22. The Kier molecular flexibility index (Phi) is 5.27. The van der Waals surface area contributed by atoms with Crippen molar-refractivity contribution >= 4 is 17.7 Å². The average Bonchev–Trinajstić information content (AvgIpc) is 2.90. The van der Waals surface area contributed by atoms with Crippen LogP contribution in [0.2, 0.25) is 0 Å². The number of hydrogen-bond donors (Lipinski definition) is 1. The molecule has 4 unspecified atom stereocenters. The topological polar surface area (TPSA) is 77.2 Å². The third-order valence-corrected chi connectivity index (χ3v) is 5.01. The molecule has 1 saturated heterocycles. The Morgan fingerprint density at radius 1 is 1.33 bits per heavy atom. The van der Waals surface area contributed by atoms with E-state index in [1.807, 2.05) is 0 Å². The molecule has 0 radical (unpaired) electrons. The zero-order valence-electron chi connectivity index (χ0n) is 12.9. The van der Waals surface area contributed by atoms with Crippen LogP contribution in [-0.2, 0) is 16.1 Å². The lowest BCUT2D eigenvalue weighted by Crippen LogP contribution is -2.20. The van der Waals surface area contributed by atoms with Crippen LogP contribution in [0.1, 0.15) is 45.9 Å². The van der Waals surface area contributed by atoms with Gasteiger partial charge in [0.1, 0.15) is 5.82 Å². The molecule has 4 atom stereocenters. The van der Waals surface area contributed by atoms with Crippen molar-refractivity contribution in [1.82, 2.24) is 14.8 Å². The summed E-state index contributed by atoms with van der Waals surface area (Å²) in [7, 11) is 0. The van der Waals surface area contributed by atoms with Gasteiger partial charge in [0, 0.05) is 6.54 Å². The number of ether oxygens (including phenoxy) is 1. The van der Waals surface area contributed by atoms with Crippen molar-refractivity contribution in [3.63, 3.8) is 0 Å². The number of hydrogen-bond acceptors (Lipinski definition) is 5. The molecule has 0 aliphatic carbocycles. The second kappa shape index (κ2) is 6.79. The highest BCUT2D eigenvalue weighted by atomic mass is 32.2. The Hall–Kier alpha value is -1.08. The van der Waals surface area contributed by atoms with Crippen molar-refractivity contribution in [3.05, 3.63) is 5.82 Å². The molecular formula is C14H23N3O3S. The summed E-state index contributed by atoms with van der Waals surface area (Å²) in [6, 6.07) is 0. The predicted molar refractivity (Wildman–Crippen MR) is 80.6 cm³/mol. The maximum absolute atomic E-state index is 10.8. The van der Waals surface area contributed by atoms with Gasteiger partial charge in [0.15, 0.2) is 5.16 Å². The zero-order valence-corrected chi connectivity index (χ0v) is 13.8. The van der Waals surface area contributed by atoms with Crippen molar-refractivity contribution in [2.24, 2.45) is 5.92 Å². The molecule has 1 aliphatic heterocycles. The zero-order chi connectivity index (χ0) is 15.6. The molecule has 1 aromatic heterocycles. The fourth-order valence-corrected chi connectivity index (χ4v) is 3.62. The van der Waals surface area contributed by atoms with Crippen molar-refractivity contribution < 1.29 is 14.6 Å². The van der Waals surface area contributed by atoms with Crippen LogP contribution in [0, 0.1) is 5.92 Å². The van der Waals surface area contributed by atoms with Crippen molar-refractivity contribution in [2.75, 3.05) is 5.75 Å². The molecule has 6 nitrogen and oxygen atoms in total. The number of carboxylic acid groups (broad SMARTS) is 1. The molecule has 0 spiro atoms. The van der Waals surface area contributed by atoms with E-state index in [1.165, 1.54) is 11.8 Å². The molecule has 0 aromatic carbocycles. The molecule has 2 heterocycles. The summed E-state index contributed by atoms with van der Waals surface area (Å²) in [4.78, 5) is 10.8. The van der Waals surface area contributed by atoms with Gasteiger partial charge in [-0.05, 0) is 26.2 Å². The van der Waals surface area contributed by atoms with Crippen LogP contribution in [0.4, 0.5) is 0 Å². The highest BCUT2D eigenvalue weighted by molar-refractivity contribution is 7.99. The Balaban J connectivity index is 2.28. The molecule has 0 saturated carbocycles. The number of carbonyl (C=O) groups is 1. The van der Waals surface area contributed by atoms with Gasteiger partial charge in [0.2, 0.25) is 0 Å². The maximum atomic E-state index is 10.8. The lowest BCUT2D eigenvalue weighted by molar-refractivity contribution is -0.133. The molecule has 0 bridgehead atoms. The van der Waals surface area contributed by atoms with E-state index in [9.17, 15) is 4.79 Å². The molecule has 118 valence electrons. The van der Waals surface area contributed by atoms with Gasteiger partial charge in [-0.2, -0.15) is 0 Å². The second-order valence-electron chi connectivity index (χ2n) is 5.61. The first kappa shape index (κ1) is 16.3. The number of rotatable bonds is 6. The summed E-state index contributed by atoms with van der Waals surface area (Å²) in [6.07, 6.45) is 1.26. The van der Waals surface area contributed by atoms with Crippen molar-refractivity contribution in [1.29, 1.82) is 0 Å². The van der Waals surface area contributed by atoms with Crippen molar-refractivity contribution in [2.45, 2.75) is 63.9 Å². The van der Waals surface area contributed by atoms with Gasteiger partial charge in [-0.1, -0.05) is 25.6 Å². The molecule has 21 heavy (non-hydrogen) atoms. The van der Waals surface area contributed by atoms with E-state index < -0.39 is 5.97 Å². The van der Waals surface area contributed by atoms with Gasteiger partial charge in [0.25, 0.3) is 0 Å². The lowest BCUT2D eigenvalue weighted by atomic mass is 9.89.